The Balaban J connectivity index is 3.39. The second-order valence-electron chi connectivity index (χ2n) is 3.66. The van der Waals surface area contributed by atoms with Crippen LogP contribution in [0.1, 0.15) is 28.5 Å². The smallest absolute Gasteiger partial charge is 0.340 e. The molecule has 1 aromatic rings. The molecule has 1 heterocycles. The molecule has 0 aliphatic carbocycles. The fraction of sp³-hybridized carbons (Fsp3) is 0.364. The minimum Gasteiger partial charge on any atom is -0.462 e. The monoisotopic (exact) mass is 269 g/mol. The van der Waals surface area contributed by atoms with Crippen LogP contribution < -0.4 is 16.7 Å². The Hall–Kier alpha value is -1.89. The zero-order chi connectivity index (χ0) is 13.9. The van der Waals surface area contributed by atoms with Gasteiger partial charge in [-0.25, -0.2) is 9.47 Å². The van der Waals surface area contributed by atoms with Crippen molar-refractivity contribution < 1.29 is 9.53 Å². The van der Waals surface area contributed by atoms with Crippen molar-refractivity contribution in [2.45, 2.75) is 20.8 Å². The summed E-state index contributed by atoms with van der Waals surface area (Å²) in [7, 11) is 0. The zero-order valence-electron chi connectivity index (χ0n) is 10.4. The average Bonchev–Trinajstić information content (AvgIpc) is 2.24. The van der Waals surface area contributed by atoms with Crippen molar-refractivity contribution >= 4 is 23.3 Å². The van der Waals surface area contributed by atoms with Crippen molar-refractivity contribution in [3.05, 3.63) is 33.2 Å². The van der Waals surface area contributed by atoms with Crippen LogP contribution in [0.5, 0.6) is 0 Å². The number of carbonyl (C=O) groups is 1. The molecule has 18 heavy (non-hydrogen) atoms. The second-order valence-corrected chi connectivity index (χ2v) is 4.10. The highest BCUT2D eigenvalue weighted by molar-refractivity contribution is 7.80. The SMILES string of the molecule is CCOC(=O)c1c(C)cc(=O)n(NC(N)=S)c1C. The van der Waals surface area contributed by atoms with Gasteiger partial charge in [-0.2, -0.15) is 0 Å². The Morgan fingerprint density at radius 2 is 2.17 bits per heavy atom. The molecule has 0 saturated carbocycles. The number of hydrogen-bond acceptors (Lipinski definition) is 4. The Kier molecular flexibility index (Phi) is 4.43. The molecule has 6 nitrogen and oxygen atoms in total. The van der Waals surface area contributed by atoms with Crippen LogP contribution in [0.4, 0.5) is 0 Å². The summed E-state index contributed by atoms with van der Waals surface area (Å²) in [6.07, 6.45) is 0. The predicted octanol–water partition coefficient (Wildman–Crippen LogP) is 0.429. The van der Waals surface area contributed by atoms with Crippen LogP contribution in [0.15, 0.2) is 10.9 Å². The van der Waals surface area contributed by atoms with Crippen molar-refractivity contribution in [2.75, 3.05) is 12.0 Å². The van der Waals surface area contributed by atoms with Crippen molar-refractivity contribution in [2.24, 2.45) is 5.73 Å². The van der Waals surface area contributed by atoms with Gasteiger partial charge in [-0.3, -0.25) is 10.2 Å². The molecule has 0 aliphatic heterocycles. The highest BCUT2D eigenvalue weighted by Crippen LogP contribution is 2.12. The molecule has 0 aromatic carbocycles. The molecule has 0 saturated heterocycles. The van der Waals surface area contributed by atoms with Crippen LogP contribution in [-0.2, 0) is 4.74 Å². The van der Waals surface area contributed by atoms with E-state index in [2.05, 4.69) is 17.6 Å². The summed E-state index contributed by atoms with van der Waals surface area (Å²) < 4.78 is 6.07. The quantitative estimate of drug-likeness (QED) is 0.611. The number of aromatic nitrogens is 1. The lowest BCUT2D eigenvalue weighted by Gasteiger charge is -2.15. The van der Waals surface area contributed by atoms with Crippen LogP contribution in [0, 0.1) is 13.8 Å². The number of nitrogens with one attached hydrogen (secondary N) is 1. The number of hydrogen-bond donors (Lipinski definition) is 2. The molecule has 3 N–H and O–H groups in total. The van der Waals surface area contributed by atoms with Crippen molar-refractivity contribution in [1.29, 1.82) is 0 Å². The third-order valence-corrected chi connectivity index (χ3v) is 2.44. The van der Waals surface area contributed by atoms with Crippen LogP contribution in [-0.4, -0.2) is 22.4 Å². The second kappa shape index (κ2) is 5.63. The molecule has 1 aromatic heterocycles. The summed E-state index contributed by atoms with van der Waals surface area (Å²) in [6.45, 7) is 5.27. The number of pyridine rings is 1. The van der Waals surface area contributed by atoms with Gasteiger partial charge in [0.25, 0.3) is 5.56 Å². The van der Waals surface area contributed by atoms with Gasteiger partial charge in [0.1, 0.15) is 0 Å². The van der Waals surface area contributed by atoms with E-state index in [0.29, 0.717) is 16.8 Å². The van der Waals surface area contributed by atoms with Gasteiger partial charge in [-0.1, -0.05) is 0 Å². The number of carbonyl (C=O) groups excluding carboxylic acids is 1. The fourth-order valence-electron chi connectivity index (χ4n) is 1.65. The fourth-order valence-corrected chi connectivity index (χ4v) is 1.74. The van der Waals surface area contributed by atoms with E-state index in [1.54, 1.807) is 20.8 Å². The molecule has 0 amide bonds. The summed E-state index contributed by atoms with van der Waals surface area (Å²) in [6, 6.07) is 1.32. The van der Waals surface area contributed by atoms with Gasteiger partial charge < -0.3 is 10.5 Å². The van der Waals surface area contributed by atoms with Gasteiger partial charge in [-0.05, 0) is 38.6 Å². The topological polar surface area (TPSA) is 86.4 Å². The number of rotatable bonds is 3. The number of nitrogens with zero attached hydrogens (tertiary/aromatic N) is 1. The first kappa shape index (κ1) is 14.2. The third kappa shape index (κ3) is 2.86. The minimum atomic E-state index is -0.481. The molecule has 0 radical (unpaired) electrons. The molecule has 0 atom stereocenters. The number of aryl methyl sites for hydroxylation is 1. The number of thiocarbonyl (C=S) groups is 1. The van der Waals surface area contributed by atoms with E-state index in [4.69, 9.17) is 10.5 Å². The molecule has 0 spiro atoms. The van der Waals surface area contributed by atoms with Crippen molar-refractivity contribution in [1.82, 2.24) is 4.68 Å². The first-order valence-electron chi connectivity index (χ1n) is 5.35. The van der Waals surface area contributed by atoms with Gasteiger partial charge in [-0.15, -0.1) is 0 Å². The van der Waals surface area contributed by atoms with Crippen molar-refractivity contribution in [3.8, 4) is 0 Å². The molecule has 1 rings (SSSR count). The van der Waals surface area contributed by atoms with E-state index < -0.39 is 5.97 Å². The van der Waals surface area contributed by atoms with E-state index >= 15 is 0 Å². The molecule has 0 bridgehead atoms. The molecular formula is C11H15N3O3S. The maximum absolute atomic E-state index is 11.8. The summed E-state index contributed by atoms with van der Waals surface area (Å²) in [5.74, 6) is -0.481. The summed E-state index contributed by atoms with van der Waals surface area (Å²) >= 11 is 4.68. The van der Waals surface area contributed by atoms with Crippen LogP contribution in [0.2, 0.25) is 0 Å². The number of ether oxygens (including phenoxy) is 1. The highest BCUT2D eigenvalue weighted by Gasteiger charge is 2.17. The van der Waals surface area contributed by atoms with Gasteiger partial charge in [0.2, 0.25) is 0 Å². The van der Waals surface area contributed by atoms with Crippen molar-refractivity contribution in [3.63, 3.8) is 0 Å². The predicted molar refractivity (Wildman–Crippen MR) is 72.3 cm³/mol. The van der Waals surface area contributed by atoms with Crippen LogP contribution in [0.3, 0.4) is 0 Å². The van der Waals surface area contributed by atoms with E-state index in [9.17, 15) is 9.59 Å². The first-order chi connectivity index (χ1) is 8.38. The molecular weight excluding hydrogens is 254 g/mol. The lowest BCUT2D eigenvalue weighted by Crippen LogP contribution is -2.38. The van der Waals surface area contributed by atoms with Crippen LogP contribution in [0.25, 0.3) is 0 Å². The third-order valence-electron chi connectivity index (χ3n) is 2.35. The summed E-state index contributed by atoms with van der Waals surface area (Å²) in [5, 5.41) is -0.0566. The van der Waals surface area contributed by atoms with Gasteiger partial charge in [0, 0.05) is 6.07 Å². The van der Waals surface area contributed by atoms with Crippen LogP contribution >= 0.6 is 12.2 Å². The van der Waals surface area contributed by atoms with E-state index in [1.807, 2.05) is 0 Å². The normalized spacial score (nSPS) is 9.94. The van der Waals surface area contributed by atoms with E-state index in [0.717, 1.165) is 4.68 Å². The number of nitrogens with two attached hydrogens (primary N) is 1. The molecule has 0 unspecified atom stereocenters. The Labute approximate surface area is 110 Å². The maximum Gasteiger partial charge on any atom is 0.340 e. The summed E-state index contributed by atoms with van der Waals surface area (Å²) in [4.78, 5) is 23.6. The number of esters is 1. The van der Waals surface area contributed by atoms with Gasteiger partial charge in [0.15, 0.2) is 5.11 Å². The molecule has 98 valence electrons. The Bertz CT molecular complexity index is 551. The largest absolute Gasteiger partial charge is 0.462 e. The lowest BCUT2D eigenvalue weighted by molar-refractivity contribution is 0.0523. The average molecular weight is 269 g/mol. The molecule has 0 aliphatic rings. The van der Waals surface area contributed by atoms with E-state index in [1.165, 1.54) is 6.07 Å². The first-order valence-corrected chi connectivity index (χ1v) is 5.76. The van der Waals surface area contributed by atoms with Gasteiger partial charge >= 0.3 is 5.97 Å². The molecule has 0 fully saturated rings. The zero-order valence-corrected chi connectivity index (χ0v) is 11.3. The van der Waals surface area contributed by atoms with E-state index in [-0.39, 0.29) is 17.3 Å². The van der Waals surface area contributed by atoms with Gasteiger partial charge in [0.05, 0.1) is 17.9 Å². The lowest BCUT2D eigenvalue weighted by atomic mass is 10.1. The Morgan fingerprint density at radius 1 is 1.56 bits per heavy atom. The summed E-state index contributed by atoms with van der Waals surface area (Å²) in [5.41, 5.74) is 8.79. The maximum atomic E-state index is 11.8. The highest BCUT2D eigenvalue weighted by atomic mass is 32.1. The standard InChI is InChI=1S/C11H15N3O3S/c1-4-17-10(16)9-6(2)5-8(15)14(7(9)3)13-11(12)18/h5H,4H2,1-3H3,(H3,12,13,18). The Morgan fingerprint density at radius 3 is 2.67 bits per heavy atom. The molecule has 7 heteroatoms. The minimum absolute atomic E-state index is 0.0566.